The lowest BCUT2D eigenvalue weighted by Crippen LogP contribution is -2.08. The fraction of sp³-hybridized carbons (Fsp3) is 0.368. The van der Waals surface area contributed by atoms with Gasteiger partial charge in [0.1, 0.15) is 5.75 Å². The van der Waals surface area contributed by atoms with Crippen molar-refractivity contribution in [2.24, 2.45) is 0 Å². The molecule has 130 valence electrons. The minimum atomic E-state index is -4.08. The van der Waals surface area contributed by atoms with Crippen molar-refractivity contribution in [2.75, 3.05) is 0 Å². The van der Waals surface area contributed by atoms with E-state index in [9.17, 15) is 14.4 Å². The number of aryl methyl sites for hydroxylation is 1. The van der Waals surface area contributed by atoms with Gasteiger partial charge >= 0.3 is 7.60 Å². The molecule has 0 amide bonds. The van der Waals surface area contributed by atoms with Gasteiger partial charge in [0, 0.05) is 6.42 Å². The molecule has 2 aromatic carbocycles. The van der Waals surface area contributed by atoms with Crippen LogP contribution < -0.4 is 4.74 Å². The molecule has 0 aliphatic carbocycles. The van der Waals surface area contributed by atoms with Crippen LogP contribution in [0.4, 0.5) is 0 Å². The van der Waals surface area contributed by atoms with E-state index < -0.39 is 7.60 Å². The van der Waals surface area contributed by atoms with Gasteiger partial charge < -0.3 is 14.5 Å². The van der Waals surface area contributed by atoms with E-state index in [0.717, 1.165) is 23.3 Å². The summed E-state index contributed by atoms with van der Waals surface area (Å²) in [4.78, 5) is 18.4. The summed E-state index contributed by atoms with van der Waals surface area (Å²) in [7, 11) is -4.08. The third-order valence-corrected chi connectivity index (χ3v) is 4.48. The topological polar surface area (TPSA) is 66.8 Å². The maximum atomic E-state index is 11.3. The lowest BCUT2D eigenvalue weighted by molar-refractivity contribution is 0.240. The van der Waals surface area contributed by atoms with Crippen LogP contribution in [0.3, 0.4) is 0 Å². The summed E-state index contributed by atoms with van der Waals surface area (Å²) >= 11 is 0. The Hall–Kier alpha value is -1.61. The second-order valence-electron chi connectivity index (χ2n) is 6.28. The van der Waals surface area contributed by atoms with E-state index in [4.69, 9.17) is 4.74 Å². The summed E-state index contributed by atoms with van der Waals surface area (Å²) in [6, 6.07) is 13.8. The zero-order chi connectivity index (χ0) is 17.7. The molecule has 0 spiro atoms. The molecule has 0 unspecified atom stereocenters. The van der Waals surface area contributed by atoms with Crippen LogP contribution in [0, 0.1) is 0 Å². The van der Waals surface area contributed by atoms with Crippen molar-refractivity contribution in [1.82, 2.24) is 0 Å². The molecule has 0 atom stereocenters. The van der Waals surface area contributed by atoms with Crippen LogP contribution in [-0.4, -0.2) is 15.9 Å². The van der Waals surface area contributed by atoms with Gasteiger partial charge in [-0.1, -0.05) is 43.3 Å². The summed E-state index contributed by atoms with van der Waals surface area (Å²) in [5.74, 6) is 0.763. The van der Waals surface area contributed by atoms with Gasteiger partial charge in [0.15, 0.2) is 0 Å². The highest BCUT2D eigenvalue weighted by atomic mass is 31.2. The minimum Gasteiger partial charge on any atom is -0.491 e. The van der Waals surface area contributed by atoms with Crippen LogP contribution in [-0.2, 0) is 23.6 Å². The summed E-state index contributed by atoms with van der Waals surface area (Å²) in [5, 5.41) is 0. The van der Waals surface area contributed by atoms with Crippen molar-refractivity contribution in [3.8, 4) is 5.75 Å². The summed E-state index contributed by atoms with van der Waals surface area (Å²) in [6.45, 7) is 6.04. The SMILES string of the molecule is CCc1ccc(Cc2cc(CP(=O)(O)O)ccc2OC(C)C)cc1. The Morgan fingerprint density at radius 1 is 1.00 bits per heavy atom. The van der Waals surface area contributed by atoms with Crippen LogP contribution in [0.5, 0.6) is 5.75 Å². The van der Waals surface area contributed by atoms with E-state index in [1.807, 2.05) is 19.9 Å². The number of benzene rings is 2. The van der Waals surface area contributed by atoms with Crippen LogP contribution in [0.1, 0.15) is 43.0 Å². The van der Waals surface area contributed by atoms with Gasteiger partial charge in [-0.2, -0.15) is 0 Å². The molecule has 2 N–H and O–H groups in total. The Kier molecular flexibility index (Phi) is 6.22. The highest BCUT2D eigenvalue weighted by molar-refractivity contribution is 7.50. The van der Waals surface area contributed by atoms with Gasteiger partial charge in [-0.15, -0.1) is 0 Å². The summed E-state index contributed by atoms with van der Waals surface area (Å²) in [6.07, 6.45) is 1.45. The minimum absolute atomic E-state index is 0.0406. The number of hydrogen-bond donors (Lipinski definition) is 2. The van der Waals surface area contributed by atoms with E-state index in [1.54, 1.807) is 12.1 Å². The molecule has 2 aromatic rings. The molecule has 0 saturated heterocycles. The van der Waals surface area contributed by atoms with E-state index in [2.05, 4.69) is 31.2 Å². The third-order valence-electron chi connectivity index (χ3n) is 3.70. The lowest BCUT2D eigenvalue weighted by Gasteiger charge is -2.16. The molecule has 5 heteroatoms. The van der Waals surface area contributed by atoms with Crippen LogP contribution in [0.25, 0.3) is 0 Å². The Labute approximate surface area is 143 Å². The summed E-state index contributed by atoms with van der Waals surface area (Å²) in [5.41, 5.74) is 4.00. The first-order valence-electron chi connectivity index (χ1n) is 8.17. The highest BCUT2D eigenvalue weighted by Gasteiger charge is 2.16. The van der Waals surface area contributed by atoms with Crippen molar-refractivity contribution >= 4 is 7.60 Å². The predicted molar refractivity (Wildman–Crippen MR) is 96.6 cm³/mol. The van der Waals surface area contributed by atoms with Crippen LogP contribution >= 0.6 is 7.60 Å². The van der Waals surface area contributed by atoms with Gasteiger partial charge in [-0.25, -0.2) is 0 Å². The zero-order valence-corrected chi connectivity index (χ0v) is 15.3. The monoisotopic (exact) mass is 348 g/mol. The molecule has 4 nitrogen and oxygen atoms in total. The normalized spacial score (nSPS) is 11.8. The number of ether oxygens (including phenoxy) is 1. The molecular formula is C19H25O4P. The van der Waals surface area contributed by atoms with Crippen molar-refractivity contribution in [3.05, 3.63) is 64.7 Å². The molecule has 2 rings (SSSR count). The average molecular weight is 348 g/mol. The molecule has 0 radical (unpaired) electrons. The van der Waals surface area contributed by atoms with E-state index in [1.165, 1.54) is 5.56 Å². The Balaban J connectivity index is 2.31. The van der Waals surface area contributed by atoms with E-state index >= 15 is 0 Å². The lowest BCUT2D eigenvalue weighted by atomic mass is 10.0. The van der Waals surface area contributed by atoms with Crippen molar-refractivity contribution < 1.29 is 19.1 Å². The van der Waals surface area contributed by atoms with Crippen molar-refractivity contribution in [3.63, 3.8) is 0 Å². The van der Waals surface area contributed by atoms with Gasteiger partial charge in [0.2, 0.25) is 0 Å². The van der Waals surface area contributed by atoms with Gasteiger partial charge in [-0.05, 0) is 48.6 Å². The molecule has 0 aliphatic rings. The molecule has 24 heavy (non-hydrogen) atoms. The predicted octanol–water partition coefficient (Wildman–Crippen LogP) is 4.30. The fourth-order valence-corrected chi connectivity index (χ4v) is 3.26. The average Bonchev–Trinajstić information content (AvgIpc) is 2.49. The highest BCUT2D eigenvalue weighted by Crippen LogP contribution is 2.40. The largest absolute Gasteiger partial charge is 0.491 e. The standard InChI is InChI=1S/C19H25O4P/c1-4-15-5-7-16(8-6-15)11-18-12-17(13-24(20,21)22)9-10-19(18)23-14(2)3/h5-10,12,14H,4,11,13H2,1-3H3,(H2,20,21,22). The fourth-order valence-electron chi connectivity index (χ4n) is 2.59. The Morgan fingerprint density at radius 3 is 2.12 bits per heavy atom. The molecular weight excluding hydrogens is 323 g/mol. The molecule has 0 aliphatic heterocycles. The van der Waals surface area contributed by atoms with Crippen LogP contribution in [0.15, 0.2) is 42.5 Å². The molecule has 0 aromatic heterocycles. The first-order chi connectivity index (χ1) is 11.3. The van der Waals surface area contributed by atoms with E-state index in [-0.39, 0.29) is 12.3 Å². The van der Waals surface area contributed by atoms with Crippen molar-refractivity contribution in [1.29, 1.82) is 0 Å². The molecule has 0 fully saturated rings. The van der Waals surface area contributed by atoms with Gasteiger partial charge in [0.05, 0.1) is 12.3 Å². The first kappa shape index (κ1) is 18.7. The maximum Gasteiger partial charge on any atom is 0.329 e. The zero-order valence-electron chi connectivity index (χ0n) is 14.4. The smallest absolute Gasteiger partial charge is 0.329 e. The quantitative estimate of drug-likeness (QED) is 0.732. The number of hydrogen-bond acceptors (Lipinski definition) is 2. The molecule has 0 bridgehead atoms. The van der Waals surface area contributed by atoms with Gasteiger partial charge in [-0.3, -0.25) is 4.57 Å². The Bertz CT molecular complexity index is 717. The second-order valence-corrected chi connectivity index (χ2v) is 7.92. The maximum absolute atomic E-state index is 11.3. The first-order valence-corrected chi connectivity index (χ1v) is 9.97. The van der Waals surface area contributed by atoms with Crippen molar-refractivity contribution in [2.45, 2.75) is 45.9 Å². The number of rotatable bonds is 7. The molecule has 0 heterocycles. The summed E-state index contributed by atoms with van der Waals surface area (Å²) < 4.78 is 17.1. The molecule has 0 saturated carbocycles. The van der Waals surface area contributed by atoms with Gasteiger partial charge in [0.25, 0.3) is 0 Å². The van der Waals surface area contributed by atoms with Crippen LogP contribution in [0.2, 0.25) is 0 Å². The third kappa shape index (κ3) is 5.79. The van der Waals surface area contributed by atoms with E-state index in [0.29, 0.717) is 12.0 Å². The Morgan fingerprint density at radius 2 is 1.58 bits per heavy atom. The second kappa shape index (κ2) is 7.98.